The van der Waals surface area contributed by atoms with E-state index >= 15 is 0 Å². The van der Waals surface area contributed by atoms with Crippen LogP contribution in [0.5, 0.6) is 0 Å². The summed E-state index contributed by atoms with van der Waals surface area (Å²) in [5, 5.41) is 5.54. The first-order valence-electron chi connectivity index (χ1n) is 40.0. The molecule has 12 nitrogen and oxygen atoms in total. The predicted octanol–water partition coefficient (Wildman–Crippen LogP) is 18.4. The van der Waals surface area contributed by atoms with Gasteiger partial charge in [-0.15, -0.1) is 0 Å². The Balaban J connectivity index is 0.000000133. The Morgan fingerprint density at radius 3 is 1.41 bits per heavy atom. The maximum atomic E-state index is 8.49. The van der Waals surface area contributed by atoms with Crippen molar-refractivity contribution in [2.24, 2.45) is 28.2 Å². The van der Waals surface area contributed by atoms with Gasteiger partial charge in [0.25, 0.3) is 0 Å². The molecule has 1 atom stereocenters. The summed E-state index contributed by atoms with van der Waals surface area (Å²) in [5.41, 5.74) is 16.7. The molecule has 0 saturated heterocycles. The maximum absolute atomic E-state index is 8.49. The molecular formula is C82H80N8O4+4. The number of pyridine rings is 8. The molecule has 0 radical (unpaired) electrons. The average Bonchev–Trinajstić information content (AvgIpc) is 1.63. The number of aromatic nitrogens is 8. The van der Waals surface area contributed by atoms with Crippen molar-refractivity contribution in [2.75, 3.05) is 0 Å². The quantitative estimate of drug-likeness (QED) is 0.156. The zero-order chi connectivity index (χ0) is 82.0. The van der Waals surface area contributed by atoms with Crippen LogP contribution in [0.15, 0.2) is 188 Å². The molecule has 468 valence electrons. The van der Waals surface area contributed by atoms with Gasteiger partial charge in [-0.3, -0.25) is 0 Å². The fraction of sp³-hybridized carbons (Fsp3) is 0.220. The molecule has 0 aliphatic carbocycles. The number of hydrogen-bond donors (Lipinski definition) is 0. The number of furan rings is 4. The summed E-state index contributed by atoms with van der Waals surface area (Å²) in [6, 6.07) is 38.5. The Morgan fingerprint density at radius 2 is 0.883 bits per heavy atom. The molecule has 12 aromatic heterocycles. The van der Waals surface area contributed by atoms with Crippen LogP contribution in [0.4, 0.5) is 0 Å². The van der Waals surface area contributed by atoms with Crippen LogP contribution in [0.2, 0.25) is 0 Å². The minimum Gasteiger partial charge on any atom is -0.437 e. The first-order chi connectivity index (χ1) is 52.8. The molecule has 16 rings (SSSR count). The Labute approximate surface area is 574 Å². The zero-order valence-electron chi connectivity index (χ0n) is 72.9. The minimum atomic E-state index is -2.52. The topological polar surface area (TPSA) is 120 Å². The molecule has 0 fully saturated rings. The van der Waals surface area contributed by atoms with Crippen molar-refractivity contribution in [1.29, 1.82) is 0 Å². The normalized spacial score (nSPS) is 16.0. The van der Waals surface area contributed by atoms with Crippen LogP contribution in [-0.2, 0) is 28.2 Å². The predicted molar refractivity (Wildman–Crippen MR) is 379 cm³/mol. The van der Waals surface area contributed by atoms with E-state index in [1.54, 1.807) is 171 Å². The number of aryl methyl sites for hydroxylation is 15. The summed E-state index contributed by atoms with van der Waals surface area (Å²) in [6.45, 7) is -1.29. The number of fused-ring (bicyclic) bond motifs is 12. The molecule has 4 aromatic carbocycles. The van der Waals surface area contributed by atoms with Gasteiger partial charge in [0, 0.05) is 141 Å². The van der Waals surface area contributed by atoms with Gasteiger partial charge >= 0.3 is 0 Å². The van der Waals surface area contributed by atoms with Crippen LogP contribution in [0.25, 0.3) is 133 Å². The van der Waals surface area contributed by atoms with E-state index in [-0.39, 0.29) is 27.8 Å². The van der Waals surface area contributed by atoms with Crippen molar-refractivity contribution in [3.63, 3.8) is 0 Å². The van der Waals surface area contributed by atoms with E-state index in [1.165, 1.54) is 12.5 Å². The van der Waals surface area contributed by atoms with Crippen molar-refractivity contribution >= 4 is 88.3 Å². The highest BCUT2D eigenvalue weighted by Crippen LogP contribution is 2.43. The molecule has 12 heterocycles. The Morgan fingerprint density at radius 1 is 0.383 bits per heavy atom. The summed E-state index contributed by atoms with van der Waals surface area (Å²) >= 11 is 0. The van der Waals surface area contributed by atoms with Crippen LogP contribution < -0.4 is 18.3 Å². The van der Waals surface area contributed by atoms with Gasteiger partial charge < -0.3 is 17.7 Å². The van der Waals surface area contributed by atoms with Crippen LogP contribution in [0.1, 0.15) is 113 Å². The molecule has 0 saturated carbocycles. The third-order valence-electron chi connectivity index (χ3n) is 17.3. The molecule has 16 aromatic rings. The summed E-state index contributed by atoms with van der Waals surface area (Å²) in [7, 11) is 7.39. The van der Waals surface area contributed by atoms with E-state index in [0.717, 1.165) is 61.4 Å². The molecular weight excluding hydrogens is 1160 g/mol. The maximum Gasteiger partial charge on any atom is 0.227 e. The van der Waals surface area contributed by atoms with Gasteiger partial charge in [-0.05, 0) is 192 Å². The van der Waals surface area contributed by atoms with Crippen molar-refractivity contribution in [2.45, 2.75) is 95.5 Å². The third kappa shape index (κ3) is 11.1. The van der Waals surface area contributed by atoms with Gasteiger partial charge in [0.05, 0.1) is 22.3 Å². The monoisotopic (exact) mass is 1260 g/mol. The SMILES string of the molecule is Cc1ccc2c(n1)oc1c(-c3cccc[n+]3C)c(C)ccc12.[2H]C([2H])([2H])c1c[n+](C)c(-c2c(C)cc(C([2H])([2H])[2H])c3c2oc2ncccc23)cc1C.[2H]C([2H])([2H])c1cc(C)c(-c2cc(C([2H])(C)C([2H])([2H])[2H])cc[n+]2C)c2oc3ncccc3c12.[2H]C([2H])([2H])c1ccc(-c2c(C)cc(C([2H])([2H])[2H])c3c2oc2ncccc23)[n+](C)c1. The molecule has 0 aliphatic heterocycles. The van der Waals surface area contributed by atoms with Gasteiger partial charge in [0.1, 0.15) is 28.2 Å². The number of benzene rings is 4. The van der Waals surface area contributed by atoms with Gasteiger partial charge in [0.2, 0.25) is 45.6 Å². The smallest absolute Gasteiger partial charge is 0.227 e. The highest BCUT2D eigenvalue weighted by molar-refractivity contribution is 6.13. The molecule has 0 N–H and O–H groups in total. The largest absolute Gasteiger partial charge is 0.437 e. The van der Waals surface area contributed by atoms with E-state index in [9.17, 15) is 0 Å². The number of hydrogen-bond acceptors (Lipinski definition) is 8. The standard InChI is InChI=1S/C22H23N2O.C21H21N2O.C20H19N2O.C19H17N2O/c1-13(2)16-8-10-24(5)18(12-16)20-15(4)11-14(3)19-17-7-6-9-23-22(17)25-21(19)20;1-12-10-17(23(5)11-15(12)4)19-14(3)9-13(2)18-16-7-6-8-22-21(16)24-20(18)19;1-12-7-8-16(22(4)11-12)18-14(3)10-13(2)17-15-6-5-9-21-20(15)23-19(17)18;1-12-7-9-14-15-10-8-13(2)20-19(15)22-18(14)17(12)16-6-4-5-11-21(16)3/h6-13H,1-5H3;6-11H,1-5H3;5-11H,1-4H3;4-11H,1-3H3/q4*+1/i1D3,3D3,13D;2D3,4D3;1D3,2D3;. The fourth-order valence-electron chi connectivity index (χ4n) is 12.6. The van der Waals surface area contributed by atoms with Gasteiger partial charge in [-0.1, -0.05) is 44.1 Å². The summed E-state index contributed by atoms with van der Waals surface area (Å²) in [4.78, 5) is 17.3. The van der Waals surface area contributed by atoms with E-state index in [1.807, 2.05) is 32.9 Å². The Kier molecular flexibility index (Phi) is 11.4. The van der Waals surface area contributed by atoms with Crippen LogP contribution in [0.3, 0.4) is 0 Å². The zero-order valence-corrected chi connectivity index (χ0v) is 53.9. The van der Waals surface area contributed by atoms with Crippen LogP contribution in [-0.4, -0.2) is 19.9 Å². The Hall–Kier alpha value is -10.7. The minimum absolute atomic E-state index is 0.173. The van der Waals surface area contributed by atoms with E-state index in [4.69, 9.17) is 43.7 Å². The lowest BCUT2D eigenvalue weighted by Gasteiger charge is -2.10. The van der Waals surface area contributed by atoms with Crippen LogP contribution in [0, 0.1) is 75.8 Å². The summed E-state index contributed by atoms with van der Waals surface area (Å²) in [5.74, 6) is -1.82. The van der Waals surface area contributed by atoms with Gasteiger partial charge in [-0.2, -0.15) is 0 Å². The molecule has 0 amide bonds. The van der Waals surface area contributed by atoms with Crippen LogP contribution >= 0.6 is 0 Å². The molecule has 0 aliphatic rings. The second-order valence-corrected chi connectivity index (χ2v) is 23.9. The highest BCUT2D eigenvalue weighted by Gasteiger charge is 2.27. The molecule has 1 unspecified atom stereocenters. The molecule has 0 bridgehead atoms. The van der Waals surface area contributed by atoms with E-state index in [0.29, 0.717) is 105 Å². The van der Waals surface area contributed by atoms with Crippen molar-refractivity contribution in [1.82, 2.24) is 19.9 Å². The average molecular weight is 1260 g/mol. The lowest BCUT2D eigenvalue weighted by atomic mass is 9.95. The molecule has 94 heavy (non-hydrogen) atoms. The van der Waals surface area contributed by atoms with Crippen molar-refractivity contribution in [3.05, 3.63) is 238 Å². The van der Waals surface area contributed by atoms with Gasteiger partial charge in [-0.25, -0.2) is 38.2 Å². The molecule has 12 heteroatoms. The van der Waals surface area contributed by atoms with Crippen molar-refractivity contribution in [3.8, 4) is 45.0 Å². The lowest BCUT2D eigenvalue weighted by molar-refractivity contribution is -0.660. The number of rotatable bonds is 5. The van der Waals surface area contributed by atoms with E-state index in [2.05, 4.69) is 75.0 Å². The second kappa shape index (κ2) is 24.7. The fourth-order valence-corrected chi connectivity index (χ4v) is 12.6. The number of nitrogens with zero attached hydrogens (tertiary/aromatic N) is 8. The lowest BCUT2D eigenvalue weighted by Crippen LogP contribution is -2.31. The summed E-state index contributed by atoms with van der Waals surface area (Å²) < 4.78 is 182. The second-order valence-electron chi connectivity index (χ2n) is 23.9. The Bertz CT molecular complexity index is 6480. The third-order valence-corrected chi connectivity index (χ3v) is 17.3. The first kappa shape index (κ1) is 43.2. The van der Waals surface area contributed by atoms with Gasteiger partial charge in [0.15, 0.2) is 47.1 Å². The van der Waals surface area contributed by atoms with E-state index < -0.39 is 47.0 Å². The first-order valence-corrected chi connectivity index (χ1v) is 30.5. The highest BCUT2D eigenvalue weighted by atomic mass is 16.4. The van der Waals surface area contributed by atoms with Crippen molar-refractivity contribution < 1.29 is 62.0 Å². The summed E-state index contributed by atoms with van der Waals surface area (Å²) in [6.07, 6.45) is 11.7. The molecule has 0 spiro atoms.